The van der Waals surface area contributed by atoms with Crippen molar-refractivity contribution in [3.8, 4) is 5.75 Å². The molecule has 0 aromatic heterocycles. The van der Waals surface area contributed by atoms with Crippen LogP contribution in [0, 0.1) is 0 Å². The minimum absolute atomic E-state index is 0.175. The van der Waals surface area contributed by atoms with Crippen molar-refractivity contribution in [1.82, 2.24) is 0 Å². The molecule has 0 radical (unpaired) electrons. The minimum atomic E-state index is -0.468. The van der Waals surface area contributed by atoms with Crippen LogP contribution in [0.2, 0.25) is 0 Å². The highest BCUT2D eigenvalue weighted by Crippen LogP contribution is 2.22. The zero-order valence-electron chi connectivity index (χ0n) is 11.9. The van der Waals surface area contributed by atoms with Crippen LogP contribution in [0.15, 0.2) is 24.3 Å². The first-order valence-electron chi connectivity index (χ1n) is 6.86. The summed E-state index contributed by atoms with van der Waals surface area (Å²) >= 11 is 0. The second-order valence-electron chi connectivity index (χ2n) is 5.24. The van der Waals surface area contributed by atoms with Gasteiger partial charge in [0.15, 0.2) is 5.79 Å². The van der Waals surface area contributed by atoms with Gasteiger partial charge < -0.3 is 19.5 Å². The molecule has 1 aliphatic rings. The summed E-state index contributed by atoms with van der Waals surface area (Å²) in [4.78, 5) is 0. The zero-order valence-corrected chi connectivity index (χ0v) is 11.9. The van der Waals surface area contributed by atoms with Crippen molar-refractivity contribution in [2.45, 2.75) is 39.0 Å². The molecule has 1 aromatic carbocycles. The highest BCUT2D eigenvalue weighted by Gasteiger charge is 2.28. The molecule has 0 aliphatic carbocycles. The van der Waals surface area contributed by atoms with Crippen molar-refractivity contribution < 1.29 is 14.2 Å². The number of benzene rings is 1. The van der Waals surface area contributed by atoms with Gasteiger partial charge in [0.25, 0.3) is 0 Å². The fourth-order valence-corrected chi connectivity index (χ4v) is 1.91. The molecule has 0 spiro atoms. The maximum Gasteiger partial charge on any atom is 0.162 e. The van der Waals surface area contributed by atoms with Gasteiger partial charge in [0.05, 0.1) is 25.9 Å². The molecule has 0 atom stereocenters. The topological polar surface area (TPSA) is 39.7 Å². The van der Waals surface area contributed by atoms with Gasteiger partial charge in [-0.05, 0) is 32.4 Å². The van der Waals surface area contributed by atoms with E-state index in [1.165, 1.54) is 0 Å². The highest BCUT2D eigenvalue weighted by atomic mass is 16.7. The summed E-state index contributed by atoms with van der Waals surface area (Å²) in [6, 6.07) is 8.17. The summed E-state index contributed by atoms with van der Waals surface area (Å²) in [5.41, 5.74) is 1.03. The zero-order chi connectivity index (χ0) is 13.7. The molecular formula is C15H23NO3. The molecule has 0 amide bonds. The van der Waals surface area contributed by atoms with E-state index in [4.69, 9.17) is 14.2 Å². The first kappa shape index (κ1) is 14.2. The van der Waals surface area contributed by atoms with Gasteiger partial charge in [-0.15, -0.1) is 0 Å². The van der Waals surface area contributed by atoms with Gasteiger partial charge in [-0.3, -0.25) is 0 Å². The predicted molar refractivity (Wildman–Crippen MR) is 75.6 cm³/mol. The average Bonchev–Trinajstić information content (AvgIpc) is 2.39. The van der Waals surface area contributed by atoms with E-state index in [-0.39, 0.29) is 6.04 Å². The van der Waals surface area contributed by atoms with E-state index in [1.54, 1.807) is 0 Å². The molecular weight excluding hydrogens is 242 g/mol. The Morgan fingerprint density at radius 2 is 2.05 bits per heavy atom. The number of hydrogen-bond donors (Lipinski definition) is 1. The van der Waals surface area contributed by atoms with Crippen LogP contribution in [0.5, 0.6) is 5.75 Å². The van der Waals surface area contributed by atoms with Crippen LogP contribution in [-0.2, 0) is 9.47 Å². The molecule has 0 unspecified atom stereocenters. The van der Waals surface area contributed by atoms with E-state index in [1.807, 2.05) is 38.1 Å². The molecule has 4 nitrogen and oxygen atoms in total. The Kier molecular flexibility index (Phi) is 4.66. The minimum Gasteiger partial charge on any atom is -0.494 e. The third-order valence-corrected chi connectivity index (χ3v) is 2.94. The number of rotatable bonds is 5. The van der Waals surface area contributed by atoms with Gasteiger partial charge >= 0.3 is 0 Å². The molecule has 1 N–H and O–H groups in total. The van der Waals surface area contributed by atoms with Gasteiger partial charge in [0, 0.05) is 11.8 Å². The van der Waals surface area contributed by atoms with Gasteiger partial charge in [0.2, 0.25) is 0 Å². The van der Waals surface area contributed by atoms with Crippen LogP contribution >= 0.6 is 0 Å². The fourth-order valence-electron chi connectivity index (χ4n) is 1.91. The number of ether oxygens (including phenoxy) is 3. The molecule has 1 aromatic rings. The lowest BCUT2D eigenvalue weighted by Crippen LogP contribution is -2.45. The number of anilines is 1. The normalized spacial score (nSPS) is 19.1. The Hall–Kier alpha value is -1.26. The van der Waals surface area contributed by atoms with Crippen molar-refractivity contribution in [1.29, 1.82) is 0 Å². The lowest BCUT2D eigenvalue weighted by molar-refractivity contribution is -0.247. The van der Waals surface area contributed by atoms with Gasteiger partial charge in [-0.25, -0.2) is 0 Å². The molecule has 4 heteroatoms. The summed E-state index contributed by atoms with van der Waals surface area (Å²) in [5.74, 6) is 0.425. The molecule has 0 saturated carbocycles. The van der Waals surface area contributed by atoms with Crippen molar-refractivity contribution in [2.75, 3.05) is 25.1 Å². The summed E-state index contributed by atoms with van der Waals surface area (Å²) in [7, 11) is 0. The highest BCUT2D eigenvalue weighted by molar-refractivity contribution is 5.49. The molecule has 1 heterocycles. The smallest absolute Gasteiger partial charge is 0.162 e. The molecule has 2 rings (SSSR count). The maximum absolute atomic E-state index is 5.63. The molecule has 1 aliphatic heterocycles. The number of nitrogens with one attached hydrogen (secondary N) is 1. The van der Waals surface area contributed by atoms with Crippen molar-refractivity contribution in [3.05, 3.63) is 24.3 Å². The molecule has 106 valence electrons. The monoisotopic (exact) mass is 265 g/mol. The van der Waals surface area contributed by atoms with Gasteiger partial charge in [0.1, 0.15) is 5.75 Å². The Bertz CT molecular complexity index is 396. The largest absolute Gasteiger partial charge is 0.494 e. The van der Waals surface area contributed by atoms with Gasteiger partial charge in [-0.1, -0.05) is 13.0 Å². The van der Waals surface area contributed by atoms with Crippen molar-refractivity contribution in [3.63, 3.8) is 0 Å². The Morgan fingerprint density at radius 1 is 1.32 bits per heavy atom. The first-order chi connectivity index (χ1) is 9.09. The summed E-state index contributed by atoms with van der Waals surface area (Å²) in [6.45, 7) is 8.00. The van der Waals surface area contributed by atoms with Crippen LogP contribution < -0.4 is 10.1 Å². The molecule has 0 bridgehead atoms. The second-order valence-corrected chi connectivity index (χ2v) is 5.24. The van der Waals surface area contributed by atoms with E-state index in [0.29, 0.717) is 13.2 Å². The fraction of sp³-hybridized carbons (Fsp3) is 0.600. The summed E-state index contributed by atoms with van der Waals surface area (Å²) < 4.78 is 16.9. The Balaban J connectivity index is 1.89. The van der Waals surface area contributed by atoms with Crippen LogP contribution in [0.25, 0.3) is 0 Å². The number of hydrogen-bond acceptors (Lipinski definition) is 4. The summed E-state index contributed by atoms with van der Waals surface area (Å²) in [5, 5.41) is 3.41. The lowest BCUT2D eigenvalue weighted by atomic mass is 10.2. The molecule has 19 heavy (non-hydrogen) atoms. The van der Waals surface area contributed by atoms with Crippen LogP contribution in [0.3, 0.4) is 0 Å². The predicted octanol–water partition coefficient (Wildman–Crippen LogP) is 3.04. The standard InChI is InChI=1S/C15H23NO3/c1-4-8-17-14-7-5-6-12(9-14)16-13-10-18-15(2,3)19-11-13/h5-7,9,13,16H,4,8,10-11H2,1-3H3. The van der Waals surface area contributed by atoms with Crippen LogP contribution in [-0.4, -0.2) is 31.6 Å². The molecule has 1 saturated heterocycles. The lowest BCUT2D eigenvalue weighted by Gasteiger charge is -2.35. The van der Waals surface area contributed by atoms with E-state index in [2.05, 4.69) is 12.2 Å². The summed E-state index contributed by atoms with van der Waals surface area (Å²) in [6.07, 6.45) is 1.01. The Labute approximate surface area is 115 Å². The third-order valence-electron chi connectivity index (χ3n) is 2.94. The van der Waals surface area contributed by atoms with Crippen molar-refractivity contribution >= 4 is 5.69 Å². The SMILES string of the molecule is CCCOc1cccc(NC2COC(C)(C)OC2)c1. The van der Waals surface area contributed by atoms with Crippen LogP contribution in [0.4, 0.5) is 5.69 Å². The first-order valence-corrected chi connectivity index (χ1v) is 6.86. The maximum atomic E-state index is 5.63. The third kappa shape index (κ3) is 4.40. The molecule has 1 fully saturated rings. The Morgan fingerprint density at radius 3 is 2.74 bits per heavy atom. The van der Waals surface area contributed by atoms with Crippen LogP contribution in [0.1, 0.15) is 27.2 Å². The van der Waals surface area contributed by atoms with E-state index in [0.717, 1.165) is 24.5 Å². The van der Waals surface area contributed by atoms with E-state index < -0.39 is 5.79 Å². The van der Waals surface area contributed by atoms with Gasteiger partial charge in [-0.2, -0.15) is 0 Å². The average molecular weight is 265 g/mol. The van der Waals surface area contributed by atoms with Crippen molar-refractivity contribution in [2.24, 2.45) is 0 Å². The quantitative estimate of drug-likeness (QED) is 0.888. The van der Waals surface area contributed by atoms with E-state index in [9.17, 15) is 0 Å². The second kappa shape index (κ2) is 6.26. The van der Waals surface area contributed by atoms with E-state index >= 15 is 0 Å².